The molecule has 0 saturated heterocycles. The van der Waals surface area contributed by atoms with Crippen LogP contribution in [0.15, 0.2) is 18.2 Å². The summed E-state index contributed by atoms with van der Waals surface area (Å²) in [6.45, 7) is 10.2. The maximum Gasteiger partial charge on any atom is 0.142 e. The Balaban J connectivity index is 0.000000606. The largest absolute Gasteiger partial charge is 0.490 e. The molecule has 1 heterocycles. The lowest BCUT2D eigenvalue weighted by Gasteiger charge is -2.28. The standard InChI is InChI=1S/C12H17NO.C2H6/c1-9(2)10-4-5-11-12(8-10)14-7-6-13(11)3;1-2/h4-5,8-9H,6-7H2,1-3H3;1-2H3. The summed E-state index contributed by atoms with van der Waals surface area (Å²) < 4.78 is 5.64. The number of benzene rings is 1. The second kappa shape index (κ2) is 5.78. The van der Waals surface area contributed by atoms with Crippen LogP contribution < -0.4 is 9.64 Å². The number of anilines is 1. The number of rotatable bonds is 1. The predicted octanol–water partition coefficient (Wildman–Crippen LogP) is 3.66. The van der Waals surface area contributed by atoms with Crippen molar-refractivity contribution in [1.82, 2.24) is 0 Å². The molecule has 2 heteroatoms. The van der Waals surface area contributed by atoms with E-state index in [1.54, 1.807) is 0 Å². The monoisotopic (exact) mass is 221 g/mol. The molecule has 0 fully saturated rings. The number of nitrogens with zero attached hydrogens (tertiary/aromatic N) is 1. The second-order valence-electron chi connectivity index (χ2n) is 4.15. The van der Waals surface area contributed by atoms with Gasteiger partial charge in [-0.3, -0.25) is 0 Å². The molecule has 0 aliphatic carbocycles. The van der Waals surface area contributed by atoms with Gasteiger partial charge in [-0.2, -0.15) is 0 Å². The van der Waals surface area contributed by atoms with E-state index >= 15 is 0 Å². The van der Waals surface area contributed by atoms with Crippen molar-refractivity contribution in [2.45, 2.75) is 33.6 Å². The fourth-order valence-corrected chi connectivity index (χ4v) is 1.73. The highest BCUT2D eigenvalue weighted by molar-refractivity contribution is 5.60. The number of likely N-dealkylation sites (N-methyl/N-ethyl adjacent to an activating group) is 1. The first-order chi connectivity index (χ1) is 7.68. The Bertz CT molecular complexity index is 334. The average Bonchev–Trinajstić information content (AvgIpc) is 2.31. The summed E-state index contributed by atoms with van der Waals surface area (Å²) in [4.78, 5) is 2.24. The molecule has 0 saturated carbocycles. The quantitative estimate of drug-likeness (QED) is 0.717. The maximum absolute atomic E-state index is 5.64. The zero-order valence-electron chi connectivity index (χ0n) is 11.1. The predicted molar refractivity (Wildman–Crippen MR) is 70.6 cm³/mol. The van der Waals surface area contributed by atoms with Gasteiger partial charge in [0.15, 0.2) is 0 Å². The molecule has 0 bridgehead atoms. The van der Waals surface area contributed by atoms with Crippen LogP contribution in [0.3, 0.4) is 0 Å². The molecule has 1 aliphatic rings. The Hall–Kier alpha value is -1.18. The van der Waals surface area contributed by atoms with E-state index in [9.17, 15) is 0 Å². The van der Waals surface area contributed by atoms with E-state index in [0.717, 1.165) is 18.9 Å². The van der Waals surface area contributed by atoms with Crippen molar-refractivity contribution in [3.63, 3.8) is 0 Å². The van der Waals surface area contributed by atoms with Crippen LogP contribution in [0.2, 0.25) is 0 Å². The van der Waals surface area contributed by atoms with E-state index in [2.05, 4.69) is 44.0 Å². The minimum atomic E-state index is 0.566. The highest BCUT2D eigenvalue weighted by atomic mass is 16.5. The summed E-state index contributed by atoms with van der Waals surface area (Å²) in [6.07, 6.45) is 0. The summed E-state index contributed by atoms with van der Waals surface area (Å²) in [6, 6.07) is 6.51. The molecular formula is C14H23NO. The number of hydrogen-bond acceptors (Lipinski definition) is 2. The molecule has 1 aromatic carbocycles. The summed E-state index contributed by atoms with van der Waals surface area (Å²) in [5.41, 5.74) is 2.56. The smallest absolute Gasteiger partial charge is 0.142 e. The van der Waals surface area contributed by atoms with E-state index < -0.39 is 0 Å². The Morgan fingerprint density at radius 3 is 2.56 bits per heavy atom. The lowest BCUT2D eigenvalue weighted by molar-refractivity contribution is 0.311. The molecule has 90 valence electrons. The van der Waals surface area contributed by atoms with Gasteiger partial charge in [0, 0.05) is 7.05 Å². The minimum absolute atomic E-state index is 0.566. The van der Waals surface area contributed by atoms with Gasteiger partial charge in [-0.15, -0.1) is 0 Å². The molecule has 2 nitrogen and oxygen atoms in total. The van der Waals surface area contributed by atoms with E-state index in [1.165, 1.54) is 11.3 Å². The highest BCUT2D eigenvalue weighted by Crippen LogP contribution is 2.33. The van der Waals surface area contributed by atoms with E-state index in [1.807, 2.05) is 13.8 Å². The highest BCUT2D eigenvalue weighted by Gasteiger charge is 2.15. The van der Waals surface area contributed by atoms with Gasteiger partial charge in [0.2, 0.25) is 0 Å². The Kier molecular flexibility index (Phi) is 4.66. The summed E-state index contributed by atoms with van der Waals surface area (Å²) >= 11 is 0. The molecule has 2 rings (SSSR count). The van der Waals surface area contributed by atoms with Gasteiger partial charge in [-0.1, -0.05) is 33.8 Å². The molecule has 0 unspecified atom stereocenters. The molecule has 16 heavy (non-hydrogen) atoms. The lowest BCUT2D eigenvalue weighted by atomic mass is 10.0. The van der Waals surface area contributed by atoms with Crippen LogP contribution in [0.25, 0.3) is 0 Å². The van der Waals surface area contributed by atoms with Crippen molar-refractivity contribution >= 4 is 5.69 Å². The molecule has 0 N–H and O–H groups in total. The zero-order valence-corrected chi connectivity index (χ0v) is 11.1. The third kappa shape index (κ3) is 2.69. The van der Waals surface area contributed by atoms with Crippen LogP contribution >= 0.6 is 0 Å². The Morgan fingerprint density at radius 2 is 1.94 bits per heavy atom. The molecule has 0 amide bonds. The maximum atomic E-state index is 5.64. The molecular weight excluding hydrogens is 198 g/mol. The van der Waals surface area contributed by atoms with Crippen LogP contribution in [0.1, 0.15) is 39.2 Å². The third-order valence-electron chi connectivity index (χ3n) is 2.75. The first-order valence-electron chi connectivity index (χ1n) is 6.16. The average molecular weight is 221 g/mol. The first kappa shape index (κ1) is 12.9. The second-order valence-corrected chi connectivity index (χ2v) is 4.15. The number of ether oxygens (including phenoxy) is 1. The van der Waals surface area contributed by atoms with Crippen molar-refractivity contribution < 1.29 is 4.74 Å². The Labute approximate surface area is 99.2 Å². The van der Waals surface area contributed by atoms with Crippen molar-refractivity contribution in [2.24, 2.45) is 0 Å². The van der Waals surface area contributed by atoms with Crippen molar-refractivity contribution in [1.29, 1.82) is 0 Å². The zero-order chi connectivity index (χ0) is 12.1. The van der Waals surface area contributed by atoms with Gasteiger partial charge in [-0.05, 0) is 23.6 Å². The van der Waals surface area contributed by atoms with E-state index in [4.69, 9.17) is 4.74 Å². The third-order valence-corrected chi connectivity index (χ3v) is 2.75. The number of fused-ring (bicyclic) bond motifs is 1. The molecule has 0 atom stereocenters. The van der Waals surface area contributed by atoms with Gasteiger partial charge in [0.05, 0.1) is 12.2 Å². The van der Waals surface area contributed by atoms with Gasteiger partial charge < -0.3 is 9.64 Å². The van der Waals surface area contributed by atoms with Gasteiger partial charge in [0.25, 0.3) is 0 Å². The topological polar surface area (TPSA) is 12.5 Å². The van der Waals surface area contributed by atoms with E-state index in [0.29, 0.717) is 5.92 Å². The summed E-state index contributed by atoms with van der Waals surface area (Å²) in [5, 5.41) is 0. The van der Waals surface area contributed by atoms with Gasteiger partial charge >= 0.3 is 0 Å². The molecule has 0 radical (unpaired) electrons. The SMILES string of the molecule is CC.CC(C)c1ccc2c(c1)OCCN2C. The number of hydrogen-bond donors (Lipinski definition) is 0. The molecule has 0 aromatic heterocycles. The molecule has 1 aliphatic heterocycles. The van der Waals surface area contributed by atoms with Crippen LogP contribution in [-0.2, 0) is 0 Å². The lowest BCUT2D eigenvalue weighted by Crippen LogP contribution is -2.28. The fraction of sp³-hybridized carbons (Fsp3) is 0.571. The van der Waals surface area contributed by atoms with Crippen LogP contribution in [0, 0.1) is 0 Å². The van der Waals surface area contributed by atoms with Crippen molar-refractivity contribution in [3.8, 4) is 5.75 Å². The van der Waals surface area contributed by atoms with Crippen LogP contribution in [0.4, 0.5) is 5.69 Å². The molecule has 1 aromatic rings. The van der Waals surface area contributed by atoms with E-state index in [-0.39, 0.29) is 0 Å². The van der Waals surface area contributed by atoms with Crippen LogP contribution in [0.5, 0.6) is 5.75 Å². The molecule has 0 spiro atoms. The van der Waals surface area contributed by atoms with Crippen molar-refractivity contribution in [3.05, 3.63) is 23.8 Å². The van der Waals surface area contributed by atoms with Crippen molar-refractivity contribution in [2.75, 3.05) is 25.1 Å². The normalized spacial score (nSPS) is 13.8. The van der Waals surface area contributed by atoms with Gasteiger partial charge in [-0.25, -0.2) is 0 Å². The fourth-order valence-electron chi connectivity index (χ4n) is 1.73. The van der Waals surface area contributed by atoms with Gasteiger partial charge in [0.1, 0.15) is 12.4 Å². The first-order valence-corrected chi connectivity index (χ1v) is 6.16. The minimum Gasteiger partial charge on any atom is -0.490 e. The summed E-state index contributed by atoms with van der Waals surface area (Å²) in [5.74, 6) is 1.60. The summed E-state index contributed by atoms with van der Waals surface area (Å²) in [7, 11) is 2.11. The van der Waals surface area contributed by atoms with Crippen LogP contribution in [-0.4, -0.2) is 20.2 Å². The Morgan fingerprint density at radius 1 is 1.25 bits per heavy atom.